The van der Waals surface area contributed by atoms with Crippen LogP contribution in [0.4, 0.5) is 4.79 Å². The molecule has 0 fully saturated rings. The van der Waals surface area contributed by atoms with Gasteiger partial charge in [0.15, 0.2) is 0 Å². The molecule has 1 rings (SSSR count). The lowest BCUT2D eigenvalue weighted by Gasteiger charge is -2.36. The van der Waals surface area contributed by atoms with Gasteiger partial charge in [0.25, 0.3) is 0 Å². The van der Waals surface area contributed by atoms with Crippen LogP contribution in [0, 0.1) is 6.92 Å². The zero-order valence-corrected chi connectivity index (χ0v) is 25.2. The lowest BCUT2D eigenvalue weighted by Crippen LogP contribution is -2.55. The van der Waals surface area contributed by atoms with E-state index in [1.54, 1.807) is 37.4 Å². The molecule has 2 atom stereocenters. The molecule has 210 valence electrons. The molecule has 2 N–H and O–H groups in total. The predicted molar refractivity (Wildman–Crippen MR) is 154 cm³/mol. The molecule has 0 aliphatic heterocycles. The van der Waals surface area contributed by atoms with Gasteiger partial charge in [-0.15, -0.1) is 0 Å². The molecule has 3 amide bonds. The summed E-state index contributed by atoms with van der Waals surface area (Å²) in [6, 6.07) is 6.11. The van der Waals surface area contributed by atoms with Crippen molar-refractivity contribution in [2.24, 2.45) is 0 Å². The SMILES string of the molecule is CCCCCCN(C(=O)C(CCSC)NC(=O)OC(C)(C)C)C(C(=O)NC(C)(C)C)c1ccc(C)cc1. The van der Waals surface area contributed by atoms with E-state index >= 15 is 0 Å². The molecule has 0 aromatic heterocycles. The number of ether oxygens (including phenoxy) is 1. The van der Waals surface area contributed by atoms with Crippen LogP contribution in [0.1, 0.15) is 97.7 Å². The van der Waals surface area contributed by atoms with E-state index in [0.29, 0.717) is 18.7 Å². The fourth-order valence-corrected chi connectivity index (χ4v) is 4.35. The van der Waals surface area contributed by atoms with Crippen LogP contribution in [0.5, 0.6) is 0 Å². The molecule has 0 bridgehead atoms. The van der Waals surface area contributed by atoms with Gasteiger partial charge in [-0.3, -0.25) is 9.59 Å². The van der Waals surface area contributed by atoms with Crippen molar-refractivity contribution in [1.29, 1.82) is 0 Å². The Labute approximate surface area is 228 Å². The summed E-state index contributed by atoms with van der Waals surface area (Å²) in [5.74, 6) is 0.173. The van der Waals surface area contributed by atoms with Gasteiger partial charge in [0, 0.05) is 12.1 Å². The maximum Gasteiger partial charge on any atom is 0.408 e. The number of nitrogens with one attached hydrogen (secondary N) is 2. The molecule has 37 heavy (non-hydrogen) atoms. The summed E-state index contributed by atoms with van der Waals surface area (Å²) in [4.78, 5) is 42.2. The summed E-state index contributed by atoms with van der Waals surface area (Å²) >= 11 is 1.60. The van der Waals surface area contributed by atoms with E-state index in [1.807, 2.05) is 58.2 Å². The fraction of sp³-hybridized carbons (Fsp3) is 0.690. The lowest BCUT2D eigenvalue weighted by molar-refractivity contribution is -0.143. The van der Waals surface area contributed by atoms with Gasteiger partial charge in [0.05, 0.1) is 0 Å². The van der Waals surface area contributed by atoms with Crippen molar-refractivity contribution in [3.05, 3.63) is 35.4 Å². The van der Waals surface area contributed by atoms with Crippen molar-refractivity contribution in [3.8, 4) is 0 Å². The summed E-state index contributed by atoms with van der Waals surface area (Å²) in [6.45, 7) is 15.7. The van der Waals surface area contributed by atoms with Crippen LogP contribution in [-0.2, 0) is 14.3 Å². The van der Waals surface area contributed by atoms with Crippen LogP contribution in [0.2, 0.25) is 0 Å². The van der Waals surface area contributed by atoms with E-state index in [4.69, 9.17) is 4.74 Å². The van der Waals surface area contributed by atoms with Crippen molar-refractivity contribution in [2.75, 3.05) is 18.6 Å². The normalized spacial score (nSPS) is 13.4. The van der Waals surface area contributed by atoms with Crippen LogP contribution in [-0.4, -0.2) is 58.5 Å². The van der Waals surface area contributed by atoms with E-state index in [1.165, 1.54) is 0 Å². The van der Waals surface area contributed by atoms with Crippen molar-refractivity contribution < 1.29 is 19.1 Å². The molecule has 0 saturated carbocycles. The van der Waals surface area contributed by atoms with E-state index in [9.17, 15) is 14.4 Å². The standard InChI is InChI=1S/C29H49N3O4S/c1-10-11-12-13-19-32(26(34)23(18-20-37-9)30-27(35)36-29(6,7)8)24(25(33)31-28(3,4)5)22-16-14-21(2)15-17-22/h14-17,23-24H,10-13,18-20H2,1-9H3,(H,30,35)(H,31,33). The fourth-order valence-electron chi connectivity index (χ4n) is 3.88. The summed E-state index contributed by atoms with van der Waals surface area (Å²) in [7, 11) is 0. The highest BCUT2D eigenvalue weighted by Gasteiger charge is 2.36. The van der Waals surface area contributed by atoms with Gasteiger partial charge >= 0.3 is 6.09 Å². The smallest absolute Gasteiger partial charge is 0.408 e. The van der Waals surface area contributed by atoms with Crippen LogP contribution in [0.3, 0.4) is 0 Å². The van der Waals surface area contributed by atoms with Crippen molar-refractivity contribution in [1.82, 2.24) is 15.5 Å². The van der Waals surface area contributed by atoms with Gasteiger partial charge in [-0.25, -0.2) is 4.79 Å². The third-order valence-corrected chi connectivity index (χ3v) is 6.23. The van der Waals surface area contributed by atoms with Gasteiger partial charge in [-0.2, -0.15) is 11.8 Å². The molecule has 0 aliphatic rings. The highest BCUT2D eigenvalue weighted by Crippen LogP contribution is 2.26. The maximum absolute atomic E-state index is 14.1. The Kier molecular flexibility index (Phi) is 13.5. The van der Waals surface area contributed by atoms with Gasteiger partial charge in [-0.1, -0.05) is 56.0 Å². The molecule has 8 heteroatoms. The maximum atomic E-state index is 14.1. The Morgan fingerprint density at radius 1 is 1.00 bits per heavy atom. The summed E-state index contributed by atoms with van der Waals surface area (Å²) in [6.07, 6.45) is 5.61. The zero-order valence-electron chi connectivity index (χ0n) is 24.4. The first-order valence-corrected chi connectivity index (χ1v) is 14.8. The van der Waals surface area contributed by atoms with Crippen molar-refractivity contribution in [3.63, 3.8) is 0 Å². The molecule has 2 unspecified atom stereocenters. The van der Waals surface area contributed by atoms with Crippen LogP contribution in [0.15, 0.2) is 24.3 Å². The average Bonchev–Trinajstić information content (AvgIpc) is 2.76. The third kappa shape index (κ3) is 12.7. The topological polar surface area (TPSA) is 87.7 Å². The van der Waals surface area contributed by atoms with E-state index in [-0.39, 0.29) is 11.8 Å². The minimum atomic E-state index is -0.814. The number of thioether (sulfide) groups is 1. The number of alkyl carbamates (subject to hydrolysis) is 1. The largest absolute Gasteiger partial charge is 0.444 e. The third-order valence-electron chi connectivity index (χ3n) is 5.59. The Bertz CT molecular complexity index is 859. The molecule has 0 saturated heterocycles. The van der Waals surface area contributed by atoms with Gasteiger partial charge < -0.3 is 20.3 Å². The number of carbonyl (C=O) groups is 3. The summed E-state index contributed by atoms with van der Waals surface area (Å²) in [5.41, 5.74) is 0.666. The molecule has 7 nitrogen and oxygen atoms in total. The first-order chi connectivity index (χ1) is 17.2. The molecule has 0 radical (unpaired) electrons. The van der Waals surface area contributed by atoms with E-state index in [2.05, 4.69) is 17.6 Å². The molecule has 0 heterocycles. The molecule has 0 aliphatic carbocycles. The number of carbonyl (C=O) groups excluding carboxylic acids is 3. The van der Waals surface area contributed by atoms with Crippen molar-refractivity contribution >= 4 is 29.7 Å². The highest BCUT2D eigenvalue weighted by atomic mass is 32.2. The Morgan fingerprint density at radius 2 is 1.62 bits per heavy atom. The molecule has 1 aromatic rings. The summed E-state index contributed by atoms with van der Waals surface area (Å²) < 4.78 is 5.46. The van der Waals surface area contributed by atoms with Gasteiger partial charge in [0.1, 0.15) is 17.7 Å². The quantitative estimate of drug-likeness (QED) is 0.302. The van der Waals surface area contributed by atoms with E-state index < -0.39 is 29.3 Å². The minimum absolute atomic E-state index is 0.235. The second-order valence-corrected chi connectivity index (χ2v) is 12.6. The number of benzene rings is 1. The first-order valence-electron chi connectivity index (χ1n) is 13.4. The number of hydrogen-bond donors (Lipinski definition) is 2. The summed E-state index contributed by atoms with van der Waals surface area (Å²) in [5, 5.41) is 5.87. The molecular weight excluding hydrogens is 486 g/mol. The Hall–Kier alpha value is -2.22. The number of nitrogens with zero attached hydrogens (tertiary/aromatic N) is 1. The Balaban J connectivity index is 3.47. The van der Waals surface area contributed by atoms with E-state index in [0.717, 1.165) is 36.8 Å². The van der Waals surface area contributed by atoms with Crippen LogP contribution in [0.25, 0.3) is 0 Å². The number of amides is 3. The number of unbranched alkanes of at least 4 members (excludes halogenated alkanes) is 3. The monoisotopic (exact) mass is 535 g/mol. The van der Waals surface area contributed by atoms with Crippen LogP contribution < -0.4 is 10.6 Å². The minimum Gasteiger partial charge on any atom is -0.444 e. The van der Waals surface area contributed by atoms with Crippen molar-refractivity contribution in [2.45, 2.75) is 111 Å². The molecule has 0 spiro atoms. The van der Waals surface area contributed by atoms with Gasteiger partial charge in [-0.05, 0) is 78.9 Å². The number of rotatable bonds is 13. The van der Waals surface area contributed by atoms with Gasteiger partial charge in [0.2, 0.25) is 11.8 Å². The first kappa shape index (κ1) is 32.8. The van der Waals surface area contributed by atoms with Crippen LogP contribution >= 0.6 is 11.8 Å². The average molecular weight is 536 g/mol. The highest BCUT2D eigenvalue weighted by molar-refractivity contribution is 7.98. The lowest BCUT2D eigenvalue weighted by atomic mass is 9.99. The molecular formula is C29H49N3O4S. The zero-order chi connectivity index (χ0) is 28.2. The predicted octanol–water partition coefficient (Wildman–Crippen LogP) is 6.01. The second kappa shape index (κ2) is 15.3. The number of hydrogen-bond acceptors (Lipinski definition) is 5. The second-order valence-electron chi connectivity index (χ2n) is 11.6. The molecule has 1 aromatic carbocycles. The number of aryl methyl sites for hydroxylation is 1. The Morgan fingerprint density at radius 3 is 2.14 bits per heavy atom.